The molecule has 4 rings (SSSR count). The van der Waals surface area contributed by atoms with Gasteiger partial charge in [-0.1, -0.05) is 79.7 Å². The molecule has 31 heavy (non-hydrogen) atoms. The van der Waals surface area contributed by atoms with Gasteiger partial charge in [0, 0.05) is 24.8 Å². The van der Waals surface area contributed by atoms with E-state index in [4.69, 9.17) is 9.51 Å². The van der Waals surface area contributed by atoms with Crippen LogP contribution in [0.4, 0.5) is 5.13 Å². The number of aryl methyl sites for hydroxylation is 1. The van der Waals surface area contributed by atoms with E-state index in [2.05, 4.69) is 22.3 Å². The molecule has 160 valence electrons. The third kappa shape index (κ3) is 5.17. The van der Waals surface area contributed by atoms with Gasteiger partial charge in [-0.2, -0.15) is 4.98 Å². The van der Waals surface area contributed by atoms with Crippen molar-refractivity contribution in [3.05, 3.63) is 71.9 Å². The standard InChI is InChI=1S/C24H26N4O2S/c1-24(2,3)22-26-20(30-27-22)13-14-21(29)28(16-15-17-9-5-4-6-10-17)23-25-18-11-7-8-12-19(18)31-23/h4-12H,13-16H2,1-3H3. The topological polar surface area (TPSA) is 72.1 Å². The lowest BCUT2D eigenvalue weighted by Crippen LogP contribution is -2.33. The normalized spacial score (nSPS) is 11.7. The van der Waals surface area contributed by atoms with Gasteiger partial charge >= 0.3 is 0 Å². The molecule has 0 bridgehead atoms. The van der Waals surface area contributed by atoms with E-state index in [0.29, 0.717) is 24.7 Å². The van der Waals surface area contributed by atoms with Crippen LogP contribution in [-0.4, -0.2) is 27.6 Å². The number of hydrogen-bond donors (Lipinski definition) is 0. The number of fused-ring (bicyclic) bond motifs is 1. The highest BCUT2D eigenvalue weighted by Gasteiger charge is 2.23. The highest BCUT2D eigenvalue weighted by molar-refractivity contribution is 7.22. The summed E-state index contributed by atoms with van der Waals surface area (Å²) in [5.74, 6) is 1.15. The van der Waals surface area contributed by atoms with Crippen LogP contribution in [0, 0.1) is 0 Å². The van der Waals surface area contributed by atoms with Crippen LogP contribution in [0.1, 0.15) is 44.5 Å². The van der Waals surface area contributed by atoms with E-state index < -0.39 is 0 Å². The fraction of sp³-hybridized carbons (Fsp3) is 0.333. The van der Waals surface area contributed by atoms with Crippen molar-refractivity contribution < 1.29 is 9.32 Å². The lowest BCUT2D eigenvalue weighted by molar-refractivity contribution is -0.118. The van der Waals surface area contributed by atoms with Crippen molar-refractivity contribution in [3.8, 4) is 0 Å². The molecule has 0 aliphatic carbocycles. The molecular formula is C24H26N4O2S. The van der Waals surface area contributed by atoms with E-state index in [0.717, 1.165) is 21.8 Å². The number of hydrogen-bond acceptors (Lipinski definition) is 6. The second kappa shape index (κ2) is 8.98. The summed E-state index contributed by atoms with van der Waals surface area (Å²) in [6.45, 7) is 6.67. The molecule has 7 heteroatoms. The average Bonchev–Trinajstić information content (AvgIpc) is 3.40. The van der Waals surface area contributed by atoms with Gasteiger partial charge in [0.1, 0.15) is 0 Å². The van der Waals surface area contributed by atoms with Gasteiger partial charge in [-0.25, -0.2) is 4.98 Å². The Morgan fingerprint density at radius 3 is 2.45 bits per heavy atom. The number of thiazole rings is 1. The molecule has 0 unspecified atom stereocenters. The Morgan fingerprint density at radius 2 is 1.74 bits per heavy atom. The Bertz CT molecular complexity index is 1130. The number of carbonyl (C=O) groups excluding carboxylic acids is 1. The van der Waals surface area contributed by atoms with Crippen LogP contribution < -0.4 is 4.90 Å². The van der Waals surface area contributed by atoms with Crippen LogP contribution in [-0.2, 0) is 23.1 Å². The van der Waals surface area contributed by atoms with E-state index >= 15 is 0 Å². The molecule has 0 N–H and O–H groups in total. The fourth-order valence-electron chi connectivity index (χ4n) is 3.20. The Hall–Kier alpha value is -3.06. The lowest BCUT2D eigenvalue weighted by Gasteiger charge is -2.19. The highest BCUT2D eigenvalue weighted by atomic mass is 32.1. The van der Waals surface area contributed by atoms with Crippen molar-refractivity contribution >= 4 is 32.6 Å². The largest absolute Gasteiger partial charge is 0.339 e. The molecule has 0 fully saturated rings. The van der Waals surface area contributed by atoms with Crippen molar-refractivity contribution in [2.75, 3.05) is 11.4 Å². The Labute approximate surface area is 185 Å². The van der Waals surface area contributed by atoms with Gasteiger partial charge in [0.15, 0.2) is 11.0 Å². The minimum atomic E-state index is -0.186. The summed E-state index contributed by atoms with van der Waals surface area (Å²) in [4.78, 5) is 24.2. The molecule has 0 aliphatic rings. The third-order valence-electron chi connectivity index (χ3n) is 4.97. The minimum absolute atomic E-state index is 0.00509. The minimum Gasteiger partial charge on any atom is -0.339 e. The quantitative estimate of drug-likeness (QED) is 0.400. The van der Waals surface area contributed by atoms with E-state index in [1.807, 2.05) is 63.2 Å². The zero-order chi connectivity index (χ0) is 21.8. The van der Waals surface area contributed by atoms with Gasteiger partial charge in [-0.3, -0.25) is 9.69 Å². The first-order valence-corrected chi connectivity index (χ1v) is 11.2. The number of anilines is 1. The number of benzene rings is 2. The number of rotatable bonds is 7. The van der Waals surface area contributed by atoms with Crippen molar-refractivity contribution in [1.82, 2.24) is 15.1 Å². The molecule has 6 nitrogen and oxygen atoms in total. The molecule has 2 heterocycles. The zero-order valence-corrected chi connectivity index (χ0v) is 18.9. The van der Waals surface area contributed by atoms with Crippen LogP contribution >= 0.6 is 11.3 Å². The van der Waals surface area contributed by atoms with Crippen LogP contribution in [0.3, 0.4) is 0 Å². The lowest BCUT2D eigenvalue weighted by atomic mass is 9.96. The van der Waals surface area contributed by atoms with Crippen molar-refractivity contribution in [3.63, 3.8) is 0 Å². The predicted molar refractivity (Wildman–Crippen MR) is 123 cm³/mol. The number of aromatic nitrogens is 3. The summed E-state index contributed by atoms with van der Waals surface area (Å²) in [7, 11) is 0. The number of carbonyl (C=O) groups is 1. The van der Waals surface area contributed by atoms with Crippen LogP contribution in [0.15, 0.2) is 59.1 Å². The summed E-state index contributed by atoms with van der Waals surface area (Å²) in [5, 5.41) is 4.78. The Morgan fingerprint density at radius 1 is 1.00 bits per heavy atom. The molecule has 0 spiro atoms. The molecule has 2 aromatic heterocycles. The Balaban J connectivity index is 1.51. The van der Waals surface area contributed by atoms with Gasteiger partial charge in [0.2, 0.25) is 11.8 Å². The van der Waals surface area contributed by atoms with E-state index in [1.54, 1.807) is 16.2 Å². The molecule has 1 amide bonds. The highest BCUT2D eigenvalue weighted by Crippen LogP contribution is 2.29. The number of amides is 1. The number of para-hydroxylation sites is 1. The molecule has 0 radical (unpaired) electrons. The van der Waals surface area contributed by atoms with Crippen molar-refractivity contribution in [2.24, 2.45) is 0 Å². The molecule has 0 aliphatic heterocycles. The van der Waals surface area contributed by atoms with Crippen molar-refractivity contribution in [2.45, 2.75) is 45.4 Å². The van der Waals surface area contributed by atoms with Gasteiger partial charge < -0.3 is 4.52 Å². The predicted octanol–water partition coefficient (Wildman–Crippen LogP) is 5.19. The van der Waals surface area contributed by atoms with E-state index in [1.165, 1.54) is 5.56 Å². The van der Waals surface area contributed by atoms with Crippen LogP contribution in [0.25, 0.3) is 10.2 Å². The van der Waals surface area contributed by atoms with Gasteiger partial charge in [0.05, 0.1) is 10.2 Å². The van der Waals surface area contributed by atoms with E-state index in [-0.39, 0.29) is 17.7 Å². The summed E-state index contributed by atoms with van der Waals surface area (Å²) in [5.41, 5.74) is 1.91. The van der Waals surface area contributed by atoms with Gasteiger partial charge in [0.25, 0.3) is 0 Å². The summed E-state index contributed by atoms with van der Waals surface area (Å²) in [6, 6.07) is 18.1. The number of nitrogens with zero attached hydrogens (tertiary/aromatic N) is 4. The monoisotopic (exact) mass is 434 g/mol. The maximum atomic E-state index is 13.2. The fourth-order valence-corrected chi connectivity index (χ4v) is 4.21. The average molecular weight is 435 g/mol. The molecule has 0 saturated heterocycles. The smallest absolute Gasteiger partial charge is 0.229 e. The third-order valence-corrected chi connectivity index (χ3v) is 6.03. The van der Waals surface area contributed by atoms with Crippen LogP contribution in [0.2, 0.25) is 0 Å². The SMILES string of the molecule is CC(C)(C)c1noc(CCC(=O)N(CCc2ccccc2)c2nc3ccccc3s2)n1. The summed E-state index contributed by atoms with van der Waals surface area (Å²) in [6.07, 6.45) is 1.46. The maximum absolute atomic E-state index is 13.2. The first-order chi connectivity index (χ1) is 14.9. The molecular weight excluding hydrogens is 408 g/mol. The maximum Gasteiger partial charge on any atom is 0.229 e. The molecule has 0 atom stereocenters. The van der Waals surface area contributed by atoms with E-state index in [9.17, 15) is 4.79 Å². The first kappa shape index (κ1) is 21.2. The van der Waals surface area contributed by atoms with Crippen LogP contribution in [0.5, 0.6) is 0 Å². The molecule has 2 aromatic carbocycles. The first-order valence-electron chi connectivity index (χ1n) is 10.4. The Kier molecular flexibility index (Phi) is 6.13. The van der Waals surface area contributed by atoms with Gasteiger partial charge in [-0.05, 0) is 24.1 Å². The summed E-state index contributed by atoms with van der Waals surface area (Å²) >= 11 is 1.54. The summed E-state index contributed by atoms with van der Waals surface area (Å²) < 4.78 is 6.43. The second-order valence-electron chi connectivity index (χ2n) is 8.51. The zero-order valence-electron chi connectivity index (χ0n) is 18.0. The second-order valence-corrected chi connectivity index (χ2v) is 9.52. The molecule has 0 saturated carbocycles. The van der Waals surface area contributed by atoms with Crippen molar-refractivity contribution in [1.29, 1.82) is 0 Å². The van der Waals surface area contributed by atoms with Gasteiger partial charge in [-0.15, -0.1) is 0 Å². The molecule has 4 aromatic rings.